The molecular formula is C22H32O4. The summed E-state index contributed by atoms with van der Waals surface area (Å²) in [5, 5.41) is 29.7. The van der Waals surface area contributed by atoms with E-state index in [0.29, 0.717) is 29.6 Å². The molecule has 26 heavy (non-hydrogen) atoms. The number of carboxylic acids is 1. The quantitative estimate of drug-likeness (QED) is 0.481. The second-order valence-corrected chi connectivity index (χ2v) is 8.89. The monoisotopic (exact) mass is 360 g/mol. The smallest absolute Gasteiger partial charge is 0.303 e. The molecule has 0 saturated heterocycles. The van der Waals surface area contributed by atoms with Crippen molar-refractivity contribution in [3.8, 4) is 11.8 Å². The zero-order valence-corrected chi connectivity index (χ0v) is 15.9. The lowest BCUT2D eigenvalue weighted by Crippen LogP contribution is -2.20. The molecule has 0 amide bonds. The molecule has 0 aromatic heterocycles. The average molecular weight is 360 g/mol. The highest BCUT2D eigenvalue weighted by atomic mass is 16.4. The molecule has 4 heteroatoms. The Morgan fingerprint density at radius 2 is 2.12 bits per heavy atom. The van der Waals surface area contributed by atoms with Crippen molar-refractivity contribution >= 4 is 5.97 Å². The number of aliphatic carboxylic acids is 1. The van der Waals surface area contributed by atoms with Gasteiger partial charge in [0.25, 0.3) is 0 Å². The van der Waals surface area contributed by atoms with Gasteiger partial charge in [0.1, 0.15) is 0 Å². The SMILES string of the molecule is CC#CCC(C)[C@@H](O)C=C[C@@H]1[C@H]2CC3(CC3CCC(=O)O)C[C@H]2C[C@H]1O. The first-order chi connectivity index (χ1) is 12.4. The minimum atomic E-state index is -0.697. The van der Waals surface area contributed by atoms with Gasteiger partial charge in [-0.3, -0.25) is 4.79 Å². The molecule has 3 aliphatic rings. The van der Waals surface area contributed by atoms with Crippen LogP contribution in [0.1, 0.15) is 58.8 Å². The Hall–Kier alpha value is -1.31. The van der Waals surface area contributed by atoms with Crippen molar-refractivity contribution in [1.29, 1.82) is 0 Å². The molecule has 0 heterocycles. The Labute approximate surface area is 156 Å². The zero-order valence-electron chi connectivity index (χ0n) is 15.9. The summed E-state index contributed by atoms with van der Waals surface area (Å²) in [4.78, 5) is 10.8. The van der Waals surface area contributed by atoms with Gasteiger partial charge in [-0.05, 0) is 68.1 Å². The molecule has 3 N–H and O–H groups in total. The third-order valence-electron chi connectivity index (χ3n) is 7.18. The van der Waals surface area contributed by atoms with Gasteiger partial charge in [-0.2, -0.15) is 0 Å². The maximum atomic E-state index is 10.8. The van der Waals surface area contributed by atoms with E-state index in [2.05, 4.69) is 11.8 Å². The van der Waals surface area contributed by atoms with Crippen molar-refractivity contribution in [1.82, 2.24) is 0 Å². The Morgan fingerprint density at radius 1 is 1.35 bits per heavy atom. The topological polar surface area (TPSA) is 77.8 Å². The summed E-state index contributed by atoms with van der Waals surface area (Å²) in [6.45, 7) is 3.80. The number of carboxylic acid groups (broad SMARTS) is 1. The van der Waals surface area contributed by atoms with Crippen LogP contribution in [-0.2, 0) is 4.79 Å². The fraction of sp³-hybridized carbons (Fsp3) is 0.773. The highest BCUT2D eigenvalue weighted by Crippen LogP contribution is 2.70. The standard InChI is InChI=1S/C22H32O4/c1-3-4-5-14(2)19(23)8-7-17-18-13-22(11-15(18)10-20(17)24)12-16(22)6-9-21(25)26/h7-8,14-20,23-24H,5-6,9-13H2,1-2H3,(H,25,26)/t14?,15-,16?,17-,18+,19+,20-,22?/m1/s1. The molecule has 3 aliphatic carbocycles. The maximum absolute atomic E-state index is 10.8. The van der Waals surface area contributed by atoms with Crippen molar-refractivity contribution < 1.29 is 20.1 Å². The molecule has 8 atom stereocenters. The molecule has 3 fully saturated rings. The van der Waals surface area contributed by atoms with E-state index in [-0.39, 0.29) is 24.4 Å². The first-order valence-corrected chi connectivity index (χ1v) is 10.0. The van der Waals surface area contributed by atoms with Gasteiger partial charge in [0.05, 0.1) is 12.2 Å². The summed E-state index contributed by atoms with van der Waals surface area (Å²) < 4.78 is 0. The minimum Gasteiger partial charge on any atom is -0.481 e. The van der Waals surface area contributed by atoms with Crippen LogP contribution >= 0.6 is 0 Å². The summed E-state index contributed by atoms with van der Waals surface area (Å²) >= 11 is 0. The van der Waals surface area contributed by atoms with Crippen LogP contribution in [0.15, 0.2) is 12.2 Å². The van der Waals surface area contributed by atoms with Gasteiger partial charge >= 0.3 is 5.97 Å². The van der Waals surface area contributed by atoms with E-state index < -0.39 is 12.1 Å². The minimum absolute atomic E-state index is 0.0896. The number of carbonyl (C=O) groups is 1. The number of hydrogen-bond donors (Lipinski definition) is 3. The molecule has 3 unspecified atom stereocenters. The first-order valence-electron chi connectivity index (χ1n) is 10.0. The third-order valence-corrected chi connectivity index (χ3v) is 7.18. The summed E-state index contributed by atoms with van der Waals surface area (Å²) in [5.74, 6) is 6.98. The molecule has 4 nitrogen and oxygen atoms in total. The summed E-state index contributed by atoms with van der Waals surface area (Å²) in [7, 11) is 0. The molecule has 144 valence electrons. The second kappa shape index (κ2) is 7.74. The van der Waals surface area contributed by atoms with E-state index in [1.165, 1.54) is 0 Å². The van der Waals surface area contributed by atoms with E-state index in [0.717, 1.165) is 32.1 Å². The molecule has 3 rings (SSSR count). The van der Waals surface area contributed by atoms with Gasteiger partial charge < -0.3 is 15.3 Å². The number of aliphatic hydroxyl groups is 2. The summed E-state index contributed by atoms with van der Waals surface area (Å²) in [6, 6.07) is 0. The predicted octanol–water partition coefficient (Wildman–Crippen LogP) is 3.23. The highest BCUT2D eigenvalue weighted by molar-refractivity contribution is 5.66. The summed E-state index contributed by atoms with van der Waals surface area (Å²) in [5.41, 5.74) is 0.347. The fourth-order valence-corrected chi connectivity index (χ4v) is 5.58. The Morgan fingerprint density at radius 3 is 2.81 bits per heavy atom. The lowest BCUT2D eigenvalue weighted by Gasteiger charge is -2.20. The Bertz CT molecular complexity index is 615. The average Bonchev–Trinajstić information content (AvgIpc) is 3.02. The molecule has 0 bridgehead atoms. The van der Waals surface area contributed by atoms with Gasteiger partial charge in [-0.15, -0.1) is 11.8 Å². The molecule has 0 aromatic rings. The van der Waals surface area contributed by atoms with Crippen molar-refractivity contribution in [2.45, 2.75) is 71.0 Å². The van der Waals surface area contributed by atoms with Crippen LogP contribution in [0.25, 0.3) is 0 Å². The zero-order chi connectivity index (χ0) is 18.9. The Kier molecular flexibility index (Phi) is 5.79. The van der Waals surface area contributed by atoms with E-state index in [4.69, 9.17) is 5.11 Å². The van der Waals surface area contributed by atoms with Crippen molar-refractivity contribution in [3.63, 3.8) is 0 Å². The first kappa shape index (κ1) is 19.5. The van der Waals surface area contributed by atoms with Gasteiger partial charge in [0, 0.05) is 18.8 Å². The van der Waals surface area contributed by atoms with Crippen LogP contribution in [-0.4, -0.2) is 33.5 Å². The molecule has 0 aliphatic heterocycles. The molecule has 0 aromatic carbocycles. The van der Waals surface area contributed by atoms with E-state index in [1.54, 1.807) is 0 Å². The molecule has 1 spiro atoms. The van der Waals surface area contributed by atoms with Crippen molar-refractivity contribution in [2.75, 3.05) is 0 Å². The predicted molar refractivity (Wildman–Crippen MR) is 100 cm³/mol. The maximum Gasteiger partial charge on any atom is 0.303 e. The number of aliphatic hydroxyl groups excluding tert-OH is 2. The Balaban J connectivity index is 1.57. The van der Waals surface area contributed by atoms with E-state index in [1.807, 2.05) is 26.0 Å². The number of hydrogen-bond acceptors (Lipinski definition) is 3. The van der Waals surface area contributed by atoms with Gasteiger partial charge in [-0.1, -0.05) is 19.1 Å². The van der Waals surface area contributed by atoms with Crippen LogP contribution in [0.5, 0.6) is 0 Å². The van der Waals surface area contributed by atoms with Crippen LogP contribution in [0.3, 0.4) is 0 Å². The third kappa shape index (κ3) is 4.00. The molecule has 3 saturated carbocycles. The van der Waals surface area contributed by atoms with Gasteiger partial charge in [0.2, 0.25) is 0 Å². The molecular weight excluding hydrogens is 328 g/mol. The normalized spacial score (nSPS) is 40.2. The van der Waals surface area contributed by atoms with Gasteiger partial charge in [-0.25, -0.2) is 0 Å². The van der Waals surface area contributed by atoms with Crippen LogP contribution < -0.4 is 0 Å². The highest BCUT2D eigenvalue weighted by Gasteiger charge is 2.62. The van der Waals surface area contributed by atoms with Crippen LogP contribution in [0.2, 0.25) is 0 Å². The lowest BCUT2D eigenvalue weighted by molar-refractivity contribution is -0.137. The number of fused-ring (bicyclic) bond motifs is 1. The largest absolute Gasteiger partial charge is 0.481 e. The van der Waals surface area contributed by atoms with Gasteiger partial charge in [0.15, 0.2) is 0 Å². The van der Waals surface area contributed by atoms with E-state index in [9.17, 15) is 15.0 Å². The second-order valence-electron chi connectivity index (χ2n) is 8.89. The van der Waals surface area contributed by atoms with E-state index >= 15 is 0 Å². The van der Waals surface area contributed by atoms with Crippen molar-refractivity contribution in [2.24, 2.45) is 35.0 Å². The fourth-order valence-electron chi connectivity index (χ4n) is 5.58. The molecule has 0 radical (unpaired) electrons. The van der Waals surface area contributed by atoms with Crippen LogP contribution in [0, 0.1) is 46.8 Å². The summed E-state index contributed by atoms with van der Waals surface area (Å²) in [6.07, 6.45) is 9.08. The number of rotatable bonds is 7. The van der Waals surface area contributed by atoms with Crippen molar-refractivity contribution in [3.05, 3.63) is 12.2 Å². The lowest BCUT2D eigenvalue weighted by atomic mass is 9.87. The van der Waals surface area contributed by atoms with Crippen LogP contribution in [0.4, 0.5) is 0 Å².